The zero-order chi connectivity index (χ0) is 7.94. The van der Waals surface area contributed by atoms with Gasteiger partial charge in [0.15, 0.2) is 0 Å². The quantitative estimate of drug-likeness (QED) is 0.408. The monoisotopic (exact) mass is 160 g/mol. The molecular weight excluding hydrogens is 144 g/mol. The summed E-state index contributed by atoms with van der Waals surface area (Å²) in [5.41, 5.74) is 0. The topological polar surface area (TPSA) is 31.0 Å². The molecule has 1 heterocycles. The molecule has 1 aliphatic rings. The zero-order valence-electron chi connectivity index (χ0n) is 7.04. The van der Waals surface area contributed by atoms with Crippen molar-refractivity contribution in [2.24, 2.45) is 0 Å². The van der Waals surface area contributed by atoms with Crippen LogP contribution in [0.25, 0.3) is 0 Å². The van der Waals surface area contributed by atoms with Crippen molar-refractivity contribution in [3.8, 4) is 0 Å². The number of methoxy groups -OCH3 is 1. The summed E-state index contributed by atoms with van der Waals surface area (Å²) in [5.74, 6) is 0. The van der Waals surface area contributed by atoms with Crippen LogP contribution >= 0.6 is 0 Å². The van der Waals surface area contributed by atoms with Crippen molar-refractivity contribution in [1.29, 1.82) is 0 Å². The maximum absolute atomic E-state index is 5.27. The van der Waals surface area contributed by atoms with Gasteiger partial charge in [0.05, 0.1) is 25.9 Å². The Bertz CT molecular complexity index is 91.3. The van der Waals surface area contributed by atoms with Crippen LogP contribution in [0.15, 0.2) is 0 Å². The largest absolute Gasteiger partial charge is 0.382 e. The van der Waals surface area contributed by atoms with E-state index in [1.54, 1.807) is 7.11 Å². The van der Waals surface area contributed by atoms with Gasteiger partial charge in [-0.15, -0.1) is 0 Å². The first-order chi connectivity index (χ1) is 5.43. The first-order valence-corrected chi connectivity index (χ1v) is 4.12. The van der Waals surface area contributed by atoms with Gasteiger partial charge in [-0.3, -0.25) is 0 Å². The minimum Gasteiger partial charge on any atom is -0.382 e. The molecule has 1 unspecified atom stereocenters. The molecule has 66 valence electrons. The summed E-state index contributed by atoms with van der Waals surface area (Å²) in [4.78, 5) is 0. The first-order valence-electron chi connectivity index (χ1n) is 4.12. The number of hydrogen-bond acceptors (Lipinski definition) is 3. The van der Waals surface area contributed by atoms with E-state index in [4.69, 9.17) is 14.2 Å². The van der Waals surface area contributed by atoms with Crippen molar-refractivity contribution in [2.45, 2.75) is 18.9 Å². The molecule has 3 nitrogen and oxygen atoms in total. The van der Waals surface area contributed by atoms with Crippen molar-refractivity contribution in [1.82, 2.24) is 0 Å². The van der Waals surface area contributed by atoms with Gasteiger partial charge < -0.3 is 14.2 Å². The van der Waals surface area contributed by atoms with E-state index in [0.717, 1.165) is 26.1 Å². The van der Waals surface area contributed by atoms with Crippen LogP contribution in [-0.2, 0) is 14.2 Å². The molecule has 0 radical (unpaired) electrons. The Balaban J connectivity index is 1.66. The van der Waals surface area contributed by atoms with Gasteiger partial charge in [0, 0.05) is 13.7 Å². The van der Waals surface area contributed by atoms with Crippen LogP contribution in [0.1, 0.15) is 12.8 Å². The molecule has 0 aliphatic carbocycles. The van der Waals surface area contributed by atoms with Gasteiger partial charge in [-0.2, -0.15) is 0 Å². The maximum atomic E-state index is 5.27. The lowest BCUT2D eigenvalue weighted by atomic mass is 10.3. The van der Waals surface area contributed by atoms with E-state index >= 15 is 0 Å². The Hall–Kier alpha value is -0.120. The number of ether oxygens (including phenoxy) is 3. The number of epoxide rings is 1. The second-order valence-electron chi connectivity index (χ2n) is 2.70. The van der Waals surface area contributed by atoms with Crippen LogP contribution in [-0.4, -0.2) is 39.6 Å². The van der Waals surface area contributed by atoms with Crippen LogP contribution in [0.4, 0.5) is 0 Å². The third kappa shape index (κ3) is 5.18. The van der Waals surface area contributed by atoms with E-state index in [-0.39, 0.29) is 0 Å². The molecule has 0 spiro atoms. The highest BCUT2D eigenvalue weighted by molar-refractivity contribution is 4.67. The van der Waals surface area contributed by atoms with E-state index in [0.29, 0.717) is 19.3 Å². The molecule has 3 heteroatoms. The molecule has 1 rings (SSSR count). The zero-order valence-corrected chi connectivity index (χ0v) is 7.04. The lowest BCUT2D eigenvalue weighted by Crippen LogP contribution is -2.03. The highest BCUT2D eigenvalue weighted by atomic mass is 16.6. The van der Waals surface area contributed by atoms with Crippen molar-refractivity contribution >= 4 is 0 Å². The standard InChI is InChI=1S/C8H16O3/c1-9-5-6-10-4-2-3-8-7-11-8/h8H,2-7H2,1H3. The fourth-order valence-electron chi connectivity index (χ4n) is 0.892. The Morgan fingerprint density at radius 3 is 2.82 bits per heavy atom. The van der Waals surface area contributed by atoms with Gasteiger partial charge in [-0.05, 0) is 12.8 Å². The van der Waals surface area contributed by atoms with Crippen LogP contribution in [0.5, 0.6) is 0 Å². The van der Waals surface area contributed by atoms with Gasteiger partial charge in [-0.1, -0.05) is 0 Å². The molecule has 0 bridgehead atoms. The van der Waals surface area contributed by atoms with Gasteiger partial charge in [0.25, 0.3) is 0 Å². The normalized spacial score (nSPS) is 22.1. The number of hydrogen-bond donors (Lipinski definition) is 0. The van der Waals surface area contributed by atoms with E-state index in [9.17, 15) is 0 Å². The molecule has 0 N–H and O–H groups in total. The fourth-order valence-corrected chi connectivity index (χ4v) is 0.892. The second-order valence-corrected chi connectivity index (χ2v) is 2.70. The second kappa shape index (κ2) is 5.52. The van der Waals surface area contributed by atoms with Crippen molar-refractivity contribution in [3.05, 3.63) is 0 Å². The summed E-state index contributed by atoms with van der Waals surface area (Å²) >= 11 is 0. The van der Waals surface area contributed by atoms with Crippen LogP contribution < -0.4 is 0 Å². The molecule has 1 saturated heterocycles. The van der Waals surface area contributed by atoms with Gasteiger partial charge in [0.1, 0.15) is 0 Å². The summed E-state index contributed by atoms with van der Waals surface area (Å²) in [6, 6.07) is 0. The predicted octanol–water partition coefficient (Wildman–Crippen LogP) is 0.828. The van der Waals surface area contributed by atoms with Gasteiger partial charge >= 0.3 is 0 Å². The molecule has 1 aliphatic heterocycles. The lowest BCUT2D eigenvalue weighted by Gasteiger charge is -2.01. The van der Waals surface area contributed by atoms with Crippen LogP contribution in [0.2, 0.25) is 0 Å². The average molecular weight is 160 g/mol. The summed E-state index contributed by atoms with van der Waals surface area (Å²) < 4.78 is 15.2. The van der Waals surface area contributed by atoms with E-state index in [2.05, 4.69) is 0 Å². The molecule has 0 amide bonds. The van der Waals surface area contributed by atoms with Crippen molar-refractivity contribution < 1.29 is 14.2 Å². The van der Waals surface area contributed by atoms with Gasteiger partial charge in [-0.25, -0.2) is 0 Å². The smallest absolute Gasteiger partial charge is 0.0810 e. The summed E-state index contributed by atoms with van der Waals surface area (Å²) in [5, 5.41) is 0. The Morgan fingerprint density at radius 2 is 2.18 bits per heavy atom. The fraction of sp³-hybridized carbons (Fsp3) is 1.00. The van der Waals surface area contributed by atoms with Gasteiger partial charge in [0.2, 0.25) is 0 Å². The first kappa shape index (κ1) is 8.97. The summed E-state index contributed by atoms with van der Waals surface area (Å²) in [7, 11) is 1.68. The highest BCUT2D eigenvalue weighted by Gasteiger charge is 2.20. The summed E-state index contributed by atoms with van der Waals surface area (Å²) in [6.07, 6.45) is 2.79. The molecule has 1 fully saturated rings. The molecule has 1 atom stereocenters. The van der Waals surface area contributed by atoms with Crippen LogP contribution in [0.3, 0.4) is 0 Å². The lowest BCUT2D eigenvalue weighted by molar-refractivity contribution is 0.0681. The van der Waals surface area contributed by atoms with Crippen molar-refractivity contribution in [2.75, 3.05) is 33.5 Å². The third-order valence-electron chi connectivity index (χ3n) is 1.65. The Labute approximate surface area is 67.6 Å². The highest BCUT2D eigenvalue weighted by Crippen LogP contribution is 2.14. The van der Waals surface area contributed by atoms with E-state index in [1.807, 2.05) is 0 Å². The molecule has 0 saturated carbocycles. The third-order valence-corrected chi connectivity index (χ3v) is 1.65. The van der Waals surface area contributed by atoms with Crippen LogP contribution in [0, 0.1) is 0 Å². The Morgan fingerprint density at radius 1 is 1.36 bits per heavy atom. The molecule has 0 aromatic rings. The predicted molar refractivity (Wildman–Crippen MR) is 41.7 cm³/mol. The Kier molecular flexibility index (Phi) is 4.50. The molecule has 0 aromatic carbocycles. The average Bonchev–Trinajstić information content (AvgIpc) is 2.80. The van der Waals surface area contributed by atoms with E-state index in [1.165, 1.54) is 0 Å². The number of rotatable bonds is 7. The molecule has 0 aromatic heterocycles. The minimum absolute atomic E-state index is 0.543. The molecule has 11 heavy (non-hydrogen) atoms. The maximum Gasteiger partial charge on any atom is 0.0810 e. The summed E-state index contributed by atoms with van der Waals surface area (Å²) in [6.45, 7) is 3.20. The van der Waals surface area contributed by atoms with E-state index < -0.39 is 0 Å². The minimum atomic E-state index is 0.543. The SMILES string of the molecule is COCCOCCCC1CO1. The molecular formula is C8H16O3. The van der Waals surface area contributed by atoms with Crippen molar-refractivity contribution in [3.63, 3.8) is 0 Å².